The van der Waals surface area contributed by atoms with Gasteiger partial charge in [0.05, 0.1) is 25.6 Å². The van der Waals surface area contributed by atoms with E-state index in [9.17, 15) is 14.6 Å². The molecule has 0 saturated carbocycles. The number of halogens is 1. The molecule has 0 bridgehead atoms. The fraction of sp³-hybridized carbons (Fsp3) is 0.233. The van der Waals surface area contributed by atoms with Crippen molar-refractivity contribution in [1.29, 1.82) is 0 Å². The highest BCUT2D eigenvalue weighted by Crippen LogP contribution is 2.31. The first-order chi connectivity index (χ1) is 19.5. The predicted molar refractivity (Wildman–Crippen MR) is 155 cm³/mol. The molecule has 0 spiro atoms. The Morgan fingerprint density at radius 1 is 1.00 bits per heavy atom. The molecule has 4 aromatic rings. The fourth-order valence-electron chi connectivity index (χ4n) is 4.57. The van der Waals surface area contributed by atoms with Gasteiger partial charge in [-0.3, -0.25) is 0 Å². The quantitative estimate of drug-likeness (QED) is 0.158. The minimum Gasteiger partial charge on any atom is -0.508 e. The molecule has 0 atom stereocenters. The van der Waals surface area contributed by atoms with Gasteiger partial charge in [0.25, 0.3) is 0 Å². The Morgan fingerprint density at radius 2 is 1.82 bits per heavy atom. The van der Waals surface area contributed by atoms with Crippen molar-refractivity contribution in [3.63, 3.8) is 0 Å². The van der Waals surface area contributed by atoms with Crippen molar-refractivity contribution < 1.29 is 19.3 Å². The van der Waals surface area contributed by atoms with Crippen molar-refractivity contribution in [3.8, 4) is 22.6 Å². The summed E-state index contributed by atoms with van der Waals surface area (Å²) in [5, 5.41) is 27.8. The maximum atomic E-state index is 14.3. The summed E-state index contributed by atoms with van der Waals surface area (Å²) < 4.78 is 19.7. The summed E-state index contributed by atoms with van der Waals surface area (Å²) in [4.78, 5) is 10.1. The third-order valence-electron chi connectivity index (χ3n) is 6.45. The number of ether oxygens (including phenoxy) is 1. The number of aromatic nitrogens is 2. The Labute approximate surface area is 232 Å². The van der Waals surface area contributed by atoms with Crippen molar-refractivity contribution in [2.24, 2.45) is 5.10 Å². The molecular weight excluding hydrogens is 511 g/mol. The van der Waals surface area contributed by atoms with E-state index in [4.69, 9.17) is 4.74 Å². The number of aryl methyl sites for hydroxylation is 1. The maximum Gasteiger partial charge on any atom is 0.245 e. The zero-order chi connectivity index (χ0) is 27.9. The zero-order valence-electron chi connectivity index (χ0n) is 22.1. The summed E-state index contributed by atoms with van der Waals surface area (Å²) in [5.74, 6) is 0.241. The first-order valence-corrected chi connectivity index (χ1v) is 13.2. The van der Waals surface area contributed by atoms with Gasteiger partial charge in [0.15, 0.2) is 11.6 Å². The largest absolute Gasteiger partial charge is 0.508 e. The van der Waals surface area contributed by atoms with E-state index < -0.39 is 5.82 Å². The number of phenols is 2. The van der Waals surface area contributed by atoms with E-state index in [1.165, 1.54) is 0 Å². The van der Waals surface area contributed by atoms with E-state index in [2.05, 4.69) is 32.7 Å². The molecule has 1 aliphatic heterocycles. The molecule has 0 amide bonds. The Kier molecular flexibility index (Phi) is 8.36. The number of rotatable bonds is 9. The smallest absolute Gasteiger partial charge is 0.245 e. The minimum absolute atomic E-state index is 0.117. The number of nitrogens with one attached hydrogen (secondary N) is 2. The van der Waals surface area contributed by atoms with E-state index in [-0.39, 0.29) is 23.3 Å². The van der Waals surface area contributed by atoms with E-state index in [1.807, 2.05) is 35.2 Å². The van der Waals surface area contributed by atoms with Gasteiger partial charge in [-0.05, 0) is 65.1 Å². The summed E-state index contributed by atoms with van der Waals surface area (Å²) in [6.45, 7) is 4.29. The molecule has 0 unspecified atom stereocenters. The van der Waals surface area contributed by atoms with Crippen LogP contribution in [0, 0.1) is 5.82 Å². The second-order valence-electron chi connectivity index (χ2n) is 9.44. The van der Waals surface area contributed by atoms with Gasteiger partial charge in [0.1, 0.15) is 11.5 Å². The van der Waals surface area contributed by atoms with Crippen molar-refractivity contribution in [1.82, 2.24) is 9.97 Å². The average molecular weight is 543 g/mol. The molecule has 206 valence electrons. The molecule has 0 aliphatic carbocycles. The molecule has 1 aromatic heterocycles. The molecule has 5 rings (SSSR count). The van der Waals surface area contributed by atoms with E-state index in [1.54, 1.807) is 36.5 Å². The Balaban J connectivity index is 1.31. The van der Waals surface area contributed by atoms with Gasteiger partial charge in [-0.1, -0.05) is 31.5 Å². The van der Waals surface area contributed by atoms with Gasteiger partial charge < -0.3 is 25.2 Å². The number of anilines is 4. The number of phenolic OH excluding ortho intramolecular Hbond substituents is 2. The average Bonchev–Trinajstić information content (AvgIpc) is 2.95. The van der Waals surface area contributed by atoms with Crippen LogP contribution in [0.25, 0.3) is 11.1 Å². The summed E-state index contributed by atoms with van der Waals surface area (Å²) in [6.07, 6.45) is 4.62. The molecule has 1 fully saturated rings. The molecule has 10 heteroatoms. The number of aromatic hydroxyl groups is 2. The minimum atomic E-state index is -0.481. The van der Waals surface area contributed by atoms with Crippen LogP contribution in [0.4, 0.5) is 27.5 Å². The topological polar surface area (TPSA) is 115 Å². The summed E-state index contributed by atoms with van der Waals surface area (Å²) >= 11 is 0. The molecule has 1 aliphatic rings. The molecular formula is C30H31FN6O3. The van der Waals surface area contributed by atoms with Crippen molar-refractivity contribution >= 4 is 29.4 Å². The summed E-state index contributed by atoms with van der Waals surface area (Å²) in [6, 6.07) is 18.1. The van der Waals surface area contributed by atoms with Gasteiger partial charge in [-0.25, -0.2) is 14.8 Å². The zero-order valence-corrected chi connectivity index (χ0v) is 22.1. The highest BCUT2D eigenvalue weighted by molar-refractivity contribution is 5.84. The number of benzene rings is 3. The first-order valence-electron chi connectivity index (χ1n) is 13.2. The van der Waals surface area contributed by atoms with Crippen molar-refractivity contribution in [2.75, 3.05) is 41.9 Å². The highest BCUT2D eigenvalue weighted by Gasteiger charge is 2.17. The lowest BCUT2D eigenvalue weighted by atomic mass is 10.0. The van der Waals surface area contributed by atoms with Gasteiger partial charge in [-0.2, -0.15) is 10.1 Å². The summed E-state index contributed by atoms with van der Waals surface area (Å²) in [5.41, 5.74) is 7.98. The van der Waals surface area contributed by atoms with Gasteiger partial charge in [0.2, 0.25) is 5.95 Å². The number of nitrogens with zero attached hydrogens (tertiary/aromatic N) is 4. The van der Waals surface area contributed by atoms with Crippen LogP contribution >= 0.6 is 0 Å². The van der Waals surface area contributed by atoms with Crippen LogP contribution in [0.3, 0.4) is 0 Å². The molecule has 0 radical (unpaired) electrons. The molecule has 4 N–H and O–H groups in total. The highest BCUT2D eigenvalue weighted by atomic mass is 19.1. The third-order valence-corrected chi connectivity index (χ3v) is 6.45. The maximum absolute atomic E-state index is 14.3. The predicted octanol–water partition coefficient (Wildman–Crippen LogP) is 5.67. The normalized spacial score (nSPS) is 13.5. The Bertz CT molecular complexity index is 1510. The Morgan fingerprint density at radius 3 is 2.62 bits per heavy atom. The van der Waals surface area contributed by atoms with E-state index in [0.29, 0.717) is 32.0 Å². The monoisotopic (exact) mass is 542 g/mol. The lowest BCUT2D eigenvalue weighted by Gasteiger charge is -2.27. The van der Waals surface area contributed by atoms with Crippen molar-refractivity contribution in [2.45, 2.75) is 19.8 Å². The van der Waals surface area contributed by atoms with Crippen LogP contribution in [0.15, 0.2) is 72.0 Å². The van der Waals surface area contributed by atoms with Gasteiger partial charge in [-0.15, -0.1) is 0 Å². The molecule has 3 aromatic carbocycles. The Hall–Kier alpha value is -4.70. The van der Waals surface area contributed by atoms with E-state index in [0.717, 1.165) is 47.0 Å². The number of morpholine rings is 1. The SMILES string of the molecule is CCCc1cc(Nc2cc(O)cc(-c3cccc(O)c3)c2)ccc1/C=N/Nc1ncc(F)c(N2CCOCC2)n1. The van der Waals surface area contributed by atoms with Crippen molar-refractivity contribution in [3.05, 3.63) is 83.8 Å². The fourth-order valence-corrected chi connectivity index (χ4v) is 4.57. The molecule has 40 heavy (non-hydrogen) atoms. The van der Waals surface area contributed by atoms with Gasteiger partial charge in [0, 0.05) is 30.5 Å². The first kappa shape index (κ1) is 26.9. The standard InChI is InChI=1S/C30H31FN6O3/c1-2-4-20-13-24(34-25-14-23(16-27(39)17-25)21-5-3-6-26(38)15-21)8-7-22(20)18-33-36-30-32-19-28(31)29(35-30)37-9-11-40-12-10-37/h3,5-8,13-19,34,38-39H,2,4,9-12H2,1H3,(H,32,35,36)/b33-18+. The van der Waals surface area contributed by atoms with Crippen LogP contribution in [-0.4, -0.2) is 52.7 Å². The van der Waals surface area contributed by atoms with Crippen LogP contribution in [0.2, 0.25) is 0 Å². The second kappa shape index (κ2) is 12.4. The van der Waals surface area contributed by atoms with Crippen LogP contribution < -0.4 is 15.6 Å². The van der Waals surface area contributed by atoms with E-state index >= 15 is 0 Å². The lowest BCUT2D eigenvalue weighted by molar-refractivity contribution is 0.122. The number of hydrazone groups is 1. The van der Waals surface area contributed by atoms with Crippen LogP contribution in [0.1, 0.15) is 24.5 Å². The number of hydrogen-bond acceptors (Lipinski definition) is 9. The van der Waals surface area contributed by atoms with Gasteiger partial charge >= 0.3 is 0 Å². The van der Waals surface area contributed by atoms with Crippen LogP contribution in [0.5, 0.6) is 11.5 Å². The van der Waals surface area contributed by atoms with Crippen LogP contribution in [-0.2, 0) is 11.2 Å². The number of hydrogen-bond donors (Lipinski definition) is 4. The summed E-state index contributed by atoms with van der Waals surface area (Å²) in [7, 11) is 0. The second-order valence-corrected chi connectivity index (χ2v) is 9.44. The molecule has 9 nitrogen and oxygen atoms in total. The molecule has 2 heterocycles. The molecule has 1 saturated heterocycles. The third kappa shape index (κ3) is 6.65. The lowest BCUT2D eigenvalue weighted by Crippen LogP contribution is -2.37.